The van der Waals surface area contributed by atoms with Crippen molar-refractivity contribution in [3.05, 3.63) is 97.7 Å². The summed E-state index contributed by atoms with van der Waals surface area (Å²) in [5.41, 5.74) is 8.84. The Hall–Kier alpha value is -3.93. The number of nitrogens with zero attached hydrogens (tertiary/aromatic N) is 3. The molecule has 40 heavy (non-hydrogen) atoms. The summed E-state index contributed by atoms with van der Waals surface area (Å²) in [4.78, 5) is 16.3. The van der Waals surface area contributed by atoms with E-state index in [1.165, 1.54) is 0 Å². The number of aryl methyl sites for hydroxylation is 1. The van der Waals surface area contributed by atoms with E-state index >= 15 is 0 Å². The van der Waals surface area contributed by atoms with Crippen molar-refractivity contribution in [2.24, 2.45) is 5.73 Å². The van der Waals surface area contributed by atoms with Crippen molar-refractivity contribution >= 4 is 11.6 Å². The van der Waals surface area contributed by atoms with Gasteiger partial charge in [-0.2, -0.15) is 5.26 Å². The maximum atomic E-state index is 13.9. The van der Waals surface area contributed by atoms with Crippen LogP contribution >= 0.6 is 11.6 Å². The molecule has 0 radical (unpaired) electrons. The van der Waals surface area contributed by atoms with Crippen LogP contribution < -0.4 is 25.5 Å². The van der Waals surface area contributed by atoms with Crippen LogP contribution in [0, 0.1) is 18.3 Å². The van der Waals surface area contributed by atoms with Crippen molar-refractivity contribution in [3.63, 3.8) is 0 Å². The molecule has 1 atom stereocenters. The molecule has 4 rings (SSSR count). The second-order valence-electron chi connectivity index (χ2n) is 9.62. The van der Waals surface area contributed by atoms with Gasteiger partial charge in [0.1, 0.15) is 24.0 Å². The van der Waals surface area contributed by atoms with Gasteiger partial charge in [-0.1, -0.05) is 49.7 Å². The number of nitrogens with two attached hydrogens (primary N) is 1. The summed E-state index contributed by atoms with van der Waals surface area (Å²) < 4.78 is 19.2. The van der Waals surface area contributed by atoms with E-state index in [1.54, 1.807) is 29.9 Å². The number of nitriles is 1. The average Bonchev–Trinajstić information content (AvgIpc) is 2.95. The number of hydrogen-bond acceptors (Lipinski definition) is 7. The van der Waals surface area contributed by atoms with Crippen molar-refractivity contribution in [2.45, 2.75) is 46.3 Å². The lowest BCUT2D eigenvalue weighted by Crippen LogP contribution is -2.33. The third kappa shape index (κ3) is 5.96. The summed E-state index contributed by atoms with van der Waals surface area (Å²) >= 11 is 6.28. The second-order valence-corrected chi connectivity index (χ2v) is 10.0. The van der Waals surface area contributed by atoms with Gasteiger partial charge in [-0.05, 0) is 56.7 Å². The first-order chi connectivity index (χ1) is 19.3. The maximum Gasteiger partial charge on any atom is 0.258 e. The van der Waals surface area contributed by atoms with Gasteiger partial charge in [-0.3, -0.25) is 4.79 Å². The zero-order chi connectivity index (χ0) is 28.8. The predicted molar refractivity (Wildman–Crippen MR) is 156 cm³/mol. The molecule has 0 saturated carbocycles. The molecule has 0 fully saturated rings. The Morgan fingerprint density at radius 3 is 2.58 bits per heavy atom. The molecule has 2 heterocycles. The Bertz CT molecular complexity index is 1500. The van der Waals surface area contributed by atoms with Gasteiger partial charge in [-0.25, -0.2) is 0 Å². The lowest BCUT2D eigenvalue weighted by molar-refractivity contribution is 0.284. The third-order valence-electron chi connectivity index (χ3n) is 7.30. The molecular formula is C31H35ClN4O4. The highest BCUT2D eigenvalue weighted by Gasteiger charge is 2.35. The highest BCUT2D eigenvalue weighted by atomic mass is 35.5. The third-order valence-corrected chi connectivity index (χ3v) is 7.67. The number of allylic oxidation sites excluding steroid dienone is 1. The van der Waals surface area contributed by atoms with E-state index in [1.807, 2.05) is 37.3 Å². The number of benzene rings is 2. The van der Waals surface area contributed by atoms with Gasteiger partial charge in [0, 0.05) is 28.9 Å². The highest BCUT2D eigenvalue weighted by Crippen LogP contribution is 2.43. The van der Waals surface area contributed by atoms with Gasteiger partial charge < -0.3 is 29.4 Å². The number of halogens is 1. The van der Waals surface area contributed by atoms with E-state index in [-0.39, 0.29) is 23.6 Å². The fourth-order valence-electron chi connectivity index (χ4n) is 5.04. The van der Waals surface area contributed by atoms with Gasteiger partial charge in [-0.15, -0.1) is 0 Å². The Labute approximate surface area is 240 Å². The number of rotatable bonds is 11. The van der Waals surface area contributed by atoms with Gasteiger partial charge in [0.05, 0.1) is 18.6 Å². The van der Waals surface area contributed by atoms with E-state index in [4.69, 9.17) is 31.5 Å². The minimum Gasteiger partial charge on any atom is -0.493 e. The lowest BCUT2D eigenvalue weighted by atomic mass is 9.84. The zero-order valence-corrected chi connectivity index (χ0v) is 24.1. The van der Waals surface area contributed by atoms with Crippen LogP contribution in [0.4, 0.5) is 0 Å². The number of pyridine rings is 1. The van der Waals surface area contributed by atoms with Crippen LogP contribution in [0.1, 0.15) is 48.6 Å². The fraction of sp³-hybridized carbons (Fsp3) is 0.355. The normalized spacial score (nSPS) is 14.5. The minimum absolute atomic E-state index is 0.0175. The molecule has 0 aliphatic carbocycles. The van der Waals surface area contributed by atoms with Gasteiger partial charge in [0.15, 0.2) is 11.5 Å². The molecule has 3 aromatic rings. The van der Waals surface area contributed by atoms with Crippen LogP contribution in [0.15, 0.2) is 64.8 Å². The first-order valence-corrected chi connectivity index (χ1v) is 13.8. The molecule has 1 aromatic heterocycles. The van der Waals surface area contributed by atoms with Crippen LogP contribution in [0.3, 0.4) is 0 Å². The molecule has 2 aromatic carbocycles. The quantitative estimate of drug-likeness (QED) is 0.336. The van der Waals surface area contributed by atoms with Crippen LogP contribution in [-0.4, -0.2) is 36.2 Å². The summed E-state index contributed by atoms with van der Waals surface area (Å²) in [5.74, 6) is 0.590. The van der Waals surface area contributed by atoms with Gasteiger partial charge in [0.2, 0.25) is 5.88 Å². The summed E-state index contributed by atoms with van der Waals surface area (Å²) in [6.45, 7) is 9.75. The van der Waals surface area contributed by atoms with E-state index in [0.29, 0.717) is 39.9 Å². The molecule has 1 aliphatic rings. The van der Waals surface area contributed by atoms with Crippen molar-refractivity contribution < 1.29 is 14.2 Å². The molecule has 0 bridgehead atoms. The smallest absolute Gasteiger partial charge is 0.258 e. The zero-order valence-electron chi connectivity index (χ0n) is 23.4. The van der Waals surface area contributed by atoms with Gasteiger partial charge >= 0.3 is 0 Å². The number of hydrogen-bond donors (Lipinski definition) is 1. The first-order valence-electron chi connectivity index (χ1n) is 13.4. The van der Waals surface area contributed by atoms with Crippen LogP contribution in [0.5, 0.6) is 17.2 Å². The molecular weight excluding hydrogens is 528 g/mol. The van der Waals surface area contributed by atoms with E-state index < -0.39 is 5.92 Å². The summed E-state index contributed by atoms with van der Waals surface area (Å²) in [6.07, 6.45) is 0.821. The summed E-state index contributed by atoms with van der Waals surface area (Å²) in [6, 6.07) is 16.8. The fourth-order valence-corrected chi connectivity index (χ4v) is 5.23. The standard InChI is InChI=1S/C31H35ClN4O4/c1-5-35(6-2)14-9-15-36-20(3)16-27-29(31(36)37)28(23(18-33)30(34)40-27)21-12-13-25(26(17-21)38-4)39-19-22-10-7-8-11-24(22)32/h7-8,10-13,16-17,28H,5-6,9,14-15,19,34H2,1-4H3. The van der Waals surface area contributed by atoms with Crippen molar-refractivity contribution in [2.75, 3.05) is 26.7 Å². The predicted octanol–water partition coefficient (Wildman–Crippen LogP) is 5.35. The van der Waals surface area contributed by atoms with E-state index in [9.17, 15) is 10.1 Å². The Balaban J connectivity index is 1.71. The minimum atomic E-state index is -0.720. The Kier molecular flexibility index (Phi) is 9.41. The van der Waals surface area contributed by atoms with Crippen LogP contribution in [0.25, 0.3) is 0 Å². The molecule has 0 spiro atoms. The molecule has 0 saturated heterocycles. The van der Waals surface area contributed by atoms with Crippen molar-refractivity contribution in [1.29, 1.82) is 5.26 Å². The monoisotopic (exact) mass is 562 g/mol. The Morgan fingerprint density at radius 1 is 1.15 bits per heavy atom. The topological polar surface area (TPSA) is 103 Å². The maximum absolute atomic E-state index is 13.9. The van der Waals surface area contributed by atoms with Gasteiger partial charge in [0.25, 0.3) is 5.56 Å². The number of ether oxygens (including phenoxy) is 3. The number of aromatic nitrogens is 1. The SMILES string of the molecule is CCN(CC)CCCn1c(C)cc2c(c1=O)C(c1ccc(OCc3ccccc3Cl)c(OC)c1)C(C#N)=C(N)O2. The molecule has 9 heteroatoms. The van der Waals surface area contributed by atoms with Crippen molar-refractivity contribution in [3.8, 4) is 23.3 Å². The van der Waals surface area contributed by atoms with E-state index in [2.05, 4.69) is 24.8 Å². The van der Waals surface area contributed by atoms with E-state index in [0.717, 1.165) is 37.3 Å². The highest BCUT2D eigenvalue weighted by molar-refractivity contribution is 6.31. The Morgan fingerprint density at radius 2 is 1.90 bits per heavy atom. The molecule has 210 valence electrons. The molecule has 2 N–H and O–H groups in total. The second kappa shape index (κ2) is 12.9. The van der Waals surface area contributed by atoms with Crippen molar-refractivity contribution in [1.82, 2.24) is 9.47 Å². The number of methoxy groups -OCH3 is 1. The van der Waals surface area contributed by atoms with Crippen LogP contribution in [-0.2, 0) is 13.2 Å². The van der Waals surface area contributed by atoms with Crippen LogP contribution in [0.2, 0.25) is 5.02 Å². The largest absolute Gasteiger partial charge is 0.493 e. The lowest BCUT2D eigenvalue weighted by Gasteiger charge is -2.28. The molecule has 0 amide bonds. The number of fused-ring (bicyclic) bond motifs is 1. The average molecular weight is 563 g/mol. The first kappa shape index (κ1) is 29.1. The summed E-state index contributed by atoms with van der Waals surface area (Å²) in [5, 5.41) is 10.7. The summed E-state index contributed by atoms with van der Waals surface area (Å²) in [7, 11) is 1.54. The molecule has 8 nitrogen and oxygen atoms in total. The molecule has 1 unspecified atom stereocenters. The molecule has 1 aliphatic heterocycles.